The summed E-state index contributed by atoms with van der Waals surface area (Å²) < 4.78 is 1.40. The lowest BCUT2D eigenvalue weighted by molar-refractivity contribution is 0.0745. The van der Waals surface area contributed by atoms with Crippen LogP contribution < -0.4 is 17.0 Å². The van der Waals surface area contributed by atoms with Crippen LogP contribution in [0.2, 0.25) is 0 Å². The molecule has 0 saturated carbocycles. The molecule has 2 aromatic heterocycles. The Morgan fingerprint density at radius 1 is 1.34 bits per heavy atom. The summed E-state index contributed by atoms with van der Waals surface area (Å²) >= 11 is 0. The average Bonchev–Trinajstić information content (AvgIpc) is 3.01. The fraction of sp³-hybridized carbons (Fsp3) is 0.579. The van der Waals surface area contributed by atoms with Gasteiger partial charge in [0.2, 0.25) is 0 Å². The number of hydrogen-bond acceptors (Lipinski definition) is 5. The van der Waals surface area contributed by atoms with Gasteiger partial charge in [-0.3, -0.25) is 19.1 Å². The molecule has 8 nitrogen and oxygen atoms in total. The fourth-order valence-corrected chi connectivity index (χ4v) is 3.80. The lowest BCUT2D eigenvalue weighted by Gasteiger charge is -2.23. The number of carbonyl (C=O) groups excluding carboxylic acids is 1. The predicted molar refractivity (Wildman–Crippen MR) is 119 cm³/mol. The highest BCUT2D eigenvalue weighted by Crippen LogP contribution is 2.27. The van der Waals surface area contributed by atoms with Gasteiger partial charge in [-0.05, 0) is 44.7 Å². The normalized spacial score (nSPS) is 18.6. The van der Waals surface area contributed by atoms with Gasteiger partial charge in [0.05, 0.1) is 10.9 Å². The van der Waals surface area contributed by atoms with E-state index in [4.69, 9.17) is 5.73 Å². The third-order valence-corrected chi connectivity index (χ3v) is 5.36. The largest absolute Gasteiger partial charge is 0.336 e. The molecule has 29 heavy (non-hydrogen) atoms. The Hall–Kier alpha value is -1.90. The number of amides is 1. The summed E-state index contributed by atoms with van der Waals surface area (Å²) in [7, 11) is 0. The molecule has 2 unspecified atom stereocenters. The zero-order valence-electron chi connectivity index (χ0n) is 17.1. The van der Waals surface area contributed by atoms with E-state index in [-0.39, 0.29) is 59.6 Å². The van der Waals surface area contributed by atoms with Crippen molar-refractivity contribution in [2.75, 3.05) is 13.1 Å². The summed E-state index contributed by atoms with van der Waals surface area (Å²) in [5, 5.41) is 0.175. The van der Waals surface area contributed by atoms with Crippen molar-refractivity contribution in [3.05, 3.63) is 38.2 Å². The number of likely N-dealkylation sites (tertiary alicyclic amines) is 1. The van der Waals surface area contributed by atoms with E-state index in [2.05, 4.69) is 9.97 Å². The molecule has 10 heteroatoms. The molecule has 1 fully saturated rings. The maximum Gasteiger partial charge on any atom is 0.329 e. The summed E-state index contributed by atoms with van der Waals surface area (Å²) in [6.07, 6.45) is 0.846. The number of nitrogens with two attached hydrogens (primary N) is 1. The third kappa shape index (κ3) is 4.49. The molecule has 0 aromatic carbocycles. The quantitative estimate of drug-likeness (QED) is 0.745. The Balaban J connectivity index is 0.00000210. The number of aromatic nitrogens is 3. The van der Waals surface area contributed by atoms with Crippen molar-refractivity contribution in [2.24, 2.45) is 11.7 Å². The van der Waals surface area contributed by atoms with Crippen LogP contribution in [0.25, 0.3) is 11.0 Å². The lowest BCUT2D eigenvalue weighted by Crippen LogP contribution is -2.37. The molecule has 1 amide bonds. The number of aryl methyl sites for hydroxylation is 1. The van der Waals surface area contributed by atoms with E-state index < -0.39 is 11.2 Å². The SMILES string of the molecule is CCn1c(=O)[nH]c(=O)c2c(C(=O)N3CC(CN)CC3C)cc(C(C)C)nc21.Cl.Cl. The zero-order chi connectivity index (χ0) is 19.9. The molecular weight excluding hydrogens is 417 g/mol. The van der Waals surface area contributed by atoms with Crippen LogP contribution in [0.3, 0.4) is 0 Å². The number of H-pyrrole nitrogens is 1. The van der Waals surface area contributed by atoms with Crippen LogP contribution in [-0.4, -0.2) is 44.5 Å². The molecular formula is C19H29Cl2N5O3. The second-order valence-corrected chi connectivity index (χ2v) is 7.60. The van der Waals surface area contributed by atoms with E-state index in [9.17, 15) is 14.4 Å². The van der Waals surface area contributed by atoms with Gasteiger partial charge in [-0.2, -0.15) is 0 Å². The first-order chi connectivity index (χ1) is 12.8. The van der Waals surface area contributed by atoms with Crippen LogP contribution in [-0.2, 0) is 6.54 Å². The second kappa shape index (κ2) is 9.73. The van der Waals surface area contributed by atoms with Crippen molar-refractivity contribution < 1.29 is 4.79 Å². The summed E-state index contributed by atoms with van der Waals surface area (Å²) in [5.41, 5.74) is 5.95. The van der Waals surface area contributed by atoms with Gasteiger partial charge in [0, 0.05) is 24.8 Å². The minimum Gasteiger partial charge on any atom is -0.336 e. The van der Waals surface area contributed by atoms with Crippen molar-refractivity contribution >= 4 is 41.8 Å². The van der Waals surface area contributed by atoms with Crippen LogP contribution in [0, 0.1) is 5.92 Å². The van der Waals surface area contributed by atoms with E-state index in [1.807, 2.05) is 20.8 Å². The lowest BCUT2D eigenvalue weighted by atomic mass is 10.0. The first-order valence-electron chi connectivity index (χ1n) is 9.47. The minimum atomic E-state index is -0.576. The molecule has 0 radical (unpaired) electrons. The average molecular weight is 446 g/mol. The smallest absolute Gasteiger partial charge is 0.329 e. The zero-order valence-corrected chi connectivity index (χ0v) is 18.7. The molecule has 1 aliphatic heterocycles. The Morgan fingerprint density at radius 2 is 2.00 bits per heavy atom. The molecule has 162 valence electrons. The Bertz CT molecular complexity index is 1000. The van der Waals surface area contributed by atoms with E-state index >= 15 is 0 Å². The summed E-state index contributed by atoms with van der Waals surface area (Å²) in [5.74, 6) is 0.0988. The number of rotatable bonds is 4. The van der Waals surface area contributed by atoms with Crippen LogP contribution in [0.15, 0.2) is 15.7 Å². The van der Waals surface area contributed by atoms with Crippen molar-refractivity contribution in [3.8, 4) is 0 Å². The van der Waals surface area contributed by atoms with E-state index in [1.165, 1.54) is 4.57 Å². The minimum absolute atomic E-state index is 0. The van der Waals surface area contributed by atoms with Crippen LogP contribution in [0.4, 0.5) is 0 Å². The summed E-state index contributed by atoms with van der Waals surface area (Å²) in [6.45, 7) is 9.18. The van der Waals surface area contributed by atoms with Gasteiger partial charge in [0.1, 0.15) is 0 Å². The standard InChI is InChI=1S/C19H27N5O3.2ClH/c1-5-23-16-15(17(25)22-19(23)27)13(7-14(21-16)10(2)3)18(26)24-9-12(8-20)6-11(24)4;;/h7,10-12H,5-6,8-9,20H2,1-4H3,(H,22,25,27);2*1H. The second-order valence-electron chi connectivity index (χ2n) is 7.60. The van der Waals surface area contributed by atoms with E-state index in [0.29, 0.717) is 30.9 Å². The number of halogens is 2. The molecule has 1 saturated heterocycles. The first-order valence-corrected chi connectivity index (χ1v) is 9.47. The topological polar surface area (TPSA) is 114 Å². The van der Waals surface area contributed by atoms with Gasteiger partial charge in [-0.15, -0.1) is 24.8 Å². The van der Waals surface area contributed by atoms with Crippen molar-refractivity contribution in [2.45, 2.75) is 52.6 Å². The highest BCUT2D eigenvalue weighted by atomic mass is 35.5. The van der Waals surface area contributed by atoms with Crippen LogP contribution in [0.5, 0.6) is 0 Å². The van der Waals surface area contributed by atoms with Gasteiger partial charge in [-0.1, -0.05) is 13.8 Å². The highest BCUT2D eigenvalue weighted by molar-refractivity contribution is 6.05. The molecule has 3 heterocycles. The van der Waals surface area contributed by atoms with Gasteiger partial charge >= 0.3 is 5.69 Å². The monoisotopic (exact) mass is 445 g/mol. The molecule has 0 spiro atoms. The van der Waals surface area contributed by atoms with Crippen LogP contribution in [0.1, 0.15) is 56.1 Å². The van der Waals surface area contributed by atoms with Gasteiger partial charge in [0.15, 0.2) is 5.65 Å². The Morgan fingerprint density at radius 3 is 2.52 bits per heavy atom. The Labute approximate surface area is 181 Å². The van der Waals surface area contributed by atoms with E-state index in [0.717, 1.165) is 6.42 Å². The number of aromatic amines is 1. The van der Waals surface area contributed by atoms with Crippen LogP contribution >= 0.6 is 24.8 Å². The summed E-state index contributed by atoms with van der Waals surface area (Å²) in [6, 6.07) is 1.74. The molecule has 1 aliphatic rings. The Kier molecular flexibility index (Phi) is 8.44. The predicted octanol–water partition coefficient (Wildman–Crippen LogP) is 1.88. The maximum atomic E-state index is 13.4. The van der Waals surface area contributed by atoms with Crippen molar-refractivity contribution in [1.29, 1.82) is 0 Å². The molecule has 0 aliphatic carbocycles. The number of carbonyl (C=O) groups is 1. The van der Waals surface area contributed by atoms with E-state index in [1.54, 1.807) is 17.9 Å². The molecule has 2 atom stereocenters. The third-order valence-electron chi connectivity index (χ3n) is 5.36. The molecule has 3 rings (SSSR count). The maximum absolute atomic E-state index is 13.4. The molecule has 2 aromatic rings. The van der Waals surface area contributed by atoms with Gasteiger partial charge < -0.3 is 10.6 Å². The number of hydrogen-bond donors (Lipinski definition) is 2. The summed E-state index contributed by atoms with van der Waals surface area (Å²) in [4.78, 5) is 46.8. The number of fused-ring (bicyclic) bond motifs is 1. The molecule has 3 N–H and O–H groups in total. The number of nitrogens with one attached hydrogen (secondary N) is 1. The van der Waals surface area contributed by atoms with Crippen molar-refractivity contribution in [1.82, 2.24) is 19.4 Å². The van der Waals surface area contributed by atoms with Gasteiger partial charge in [-0.25, -0.2) is 9.78 Å². The highest BCUT2D eigenvalue weighted by Gasteiger charge is 2.34. The number of nitrogens with zero attached hydrogens (tertiary/aromatic N) is 3. The molecule has 0 bridgehead atoms. The first kappa shape index (κ1) is 25.1. The van der Waals surface area contributed by atoms with Gasteiger partial charge in [0.25, 0.3) is 11.5 Å². The van der Waals surface area contributed by atoms with Crippen molar-refractivity contribution in [3.63, 3.8) is 0 Å². The number of pyridine rings is 1. The fourth-order valence-electron chi connectivity index (χ4n) is 3.80.